The van der Waals surface area contributed by atoms with Gasteiger partial charge < -0.3 is 10.1 Å². The zero-order valence-electron chi connectivity index (χ0n) is 14.5. The van der Waals surface area contributed by atoms with E-state index in [4.69, 9.17) is 4.74 Å². The first-order chi connectivity index (χ1) is 10.3. The molecule has 1 aromatic rings. The molecule has 1 fully saturated rings. The number of esters is 1. The predicted molar refractivity (Wildman–Crippen MR) is 91.3 cm³/mol. The van der Waals surface area contributed by atoms with Crippen LogP contribution in [-0.2, 0) is 4.74 Å². The maximum absolute atomic E-state index is 11.8. The van der Waals surface area contributed by atoms with Crippen LogP contribution < -0.4 is 5.32 Å². The number of hydrogen-bond donors (Lipinski definition) is 1. The van der Waals surface area contributed by atoms with Crippen molar-refractivity contribution in [3.05, 3.63) is 29.3 Å². The number of carbonyl (C=O) groups excluding carboxylic acids is 1. The van der Waals surface area contributed by atoms with Gasteiger partial charge in [0, 0.05) is 11.7 Å². The molecule has 0 atom stereocenters. The minimum Gasteiger partial charge on any atom is -0.465 e. The minimum atomic E-state index is -0.266. The Hall–Kier alpha value is -1.51. The lowest BCUT2D eigenvalue weighted by Crippen LogP contribution is -2.31. The molecule has 0 bridgehead atoms. The molecule has 1 saturated carbocycles. The Kier molecular flexibility index (Phi) is 5.15. The lowest BCUT2D eigenvalue weighted by Gasteiger charge is -2.37. The highest BCUT2D eigenvalue weighted by Gasteiger charge is 2.29. The Labute approximate surface area is 134 Å². The summed E-state index contributed by atoms with van der Waals surface area (Å²) in [6.07, 6.45) is 4.95. The van der Waals surface area contributed by atoms with Crippen molar-refractivity contribution in [1.29, 1.82) is 0 Å². The zero-order valence-corrected chi connectivity index (χ0v) is 14.5. The quantitative estimate of drug-likeness (QED) is 0.815. The lowest BCUT2D eigenvalue weighted by molar-refractivity contribution is 0.0600. The third-order valence-corrected chi connectivity index (χ3v) is 5.05. The molecule has 1 aromatic carbocycles. The number of anilines is 1. The molecular weight excluding hydrogens is 274 g/mol. The molecule has 0 amide bonds. The van der Waals surface area contributed by atoms with Gasteiger partial charge in [0.05, 0.1) is 12.7 Å². The van der Waals surface area contributed by atoms with Gasteiger partial charge in [0.25, 0.3) is 0 Å². The summed E-state index contributed by atoms with van der Waals surface area (Å²) in [5.74, 6) is 0.547. The number of nitrogens with one attached hydrogen (secondary N) is 1. The van der Waals surface area contributed by atoms with Gasteiger partial charge in [0.1, 0.15) is 0 Å². The fraction of sp³-hybridized carbons (Fsp3) is 0.632. The lowest BCUT2D eigenvalue weighted by atomic mass is 9.71. The predicted octanol–water partition coefficient (Wildman–Crippen LogP) is 4.80. The van der Waals surface area contributed by atoms with E-state index in [0.717, 1.165) is 17.2 Å². The third kappa shape index (κ3) is 3.82. The van der Waals surface area contributed by atoms with Crippen LogP contribution in [0.4, 0.5) is 5.69 Å². The van der Waals surface area contributed by atoms with Gasteiger partial charge in [0.2, 0.25) is 0 Å². The van der Waals surface area contributed by atoms with Crippen molar-refractivity contribution in [3.8, 4) is 0 Å². The molecule has 122 valence electrons. The molecule has 0 aliphatic heterocycles. The first-order valence-corrected chi connectivity index (χ1v) is 8.27. The van der Waals surface area contributed by atoms with Crippen molar-refractivity contribution < 1.29 is 9.53 Å². The average molecular weight is 303 g/mol. The Balaban J connectivity index is 2.02. The largest absolute Gasteiger partial charge is 0.465 e. The van der Waals surface area contributed by atoms with Crippen LogP contribution in [0.2, 0.25) is 0 Å². The van der Waals surface area contributed by atoms with Crippen LogP contribution in [0, 0.1) is 18.3 Å². The van der Waals surface area contributed by atoms with Crippen molar-refractivity contribution in [3.63, 3.8) is 0 Å². The molecule has 0 unspecified atom stereocenters. The van der Waals surface area contributed by atoms with Crippen LogP contribution >= 0.6 is 0 Å². The van der Waals surface area contributed by atoms with Crippen molar-refractivity contribution in [2.24, 2.45) is 11.3 Å². The molecule has 3 nitrogen and oxygen atoms in total. The number of rotatable bonds is 3. The summed E-state index contributed by atoms with van der Waals surface area (Å²) in [6, 6.07) is 6.30. The standard InChI is InChI=1S/C19H29NO2/c1-13-16(18(21)22-5)7-6-8-17(13)20-15-11-9-14(10-12-15)19(2,3)4/h6-8,14-15,20H,9-12H2,1-5H3. The molecule has 22 heavy (non-hydrogen) atoms. The normalized spacial score (nSPS) is 22.2. The van der Waals surface area contributed by atoms with E-state index in [2.05, 4.69) is 32.2 Å². The molecule has 2 rings (SSSR count). The molecule has 0 saturated heterocycles. The van der Waals surface area contributed by atoms with Crippen LogP contribution in [0.25, 0.3) is 0 Å². The van der Waals surface area contributed by atoms with Crippen LogP contribution in [0.15, 0.2) is 18.2 Å². The summed E-state index contributed by atoms with van der Waals surface area (Å²) in [5, 5.41) is 3.63. The second-order valence-electron chi connectivity index (χ2n) is 7.53. The smallest absolute Gasteiger partial charge is 0.338 e. The highest BCUT2D eigenvalue weighted by molar-refractivity contribution is 5.92. The highest BCUT2D eigenvalue weighted by atomic mass is 16.5. The van der Waals surface area contributed by atoms with Crippen molar-refractivity contribution in [1.82, 2.24) is 0 Å². The summed E-state index contributed by atoms with van der Waals surface area (Å²) in [4.78, 5) is 11.8. The molecular formula is C19H29NO2. The van der Waals surface area contributed by atoms with Crippen LogP contribution in [0.5, 0.6) is 0 Å². The van der Waals surface area contributed by atoms with Gasteiger partial charge in [-0.3, -0.25) is 0 Å². The van der Waals surface area contributed by atoms with E-state index in [-0.39, 0.29) is 5.97 Å². The number of carbonyl (C=O) groups is 1. The first kappa shape index (κ1) is 16.9. The minimum absolute atomic E-state index is 0.266. The van der Waals surface area contributed by atoms with Gasteiger partial charge in [-0.2, -0.15) is 0 Å². The molecule has 1 aliphatic carbocycles. The fourth-order valence-electron chi connectivity index (χ4n) is 3.45. The molecule has 0 aromatic heterocycles. The number of ether oxygens (including phenoxy) is 1. The third-order valence-electron chi connectivity index (χ3n) is 5.05. The van der Waals surface area contributed by atoms with E-state index in [0.29, 0.717) is 17.0 Å². The second-order valence-corrected chi connectivity index (χ2v) is 7.53. The van der Waals surface area contributed by atoms with E-state index in [1.54, 1.807) is 0 Å². The van der Waals surface area contributed by atoms with Gasteiger partial charge in [-0.15, -0.1) is 0 Å². The number of methoxy groups -OCH3 is 1. The summed E-state index contributed by atoms with van der Waals surface area (Å²) >= 11 is 0. The molecule has 0 spiro atoms. The number of hydrogen-bond acceptors (Lipinski definition) is 3. The molecule has 3 heteroatoms. The summed E-state index contributed by atoms with van der Waals surface area (Å²) in [7, 11) is 1.43. The molecule has 0 radical (unpaired) electrons. The maximum atomic E-state index is 11.8. The number of benzene rings is 1. The van der Waals surface area contributed by atoms with E-state index in [1.165, 1.54) is 32.8 Å². The molecule has 1 N–H and O–H groups in total. The van der Waals surface area contributed by atoms with E-state index < -0.39 is 0 Å². The summed E-state index contributed by atoms with van der Waals surface area (Å²) < 4.78 is 4.85. The van der Waals surface area contributed by atoms with Crippen LogP contribution in [0.3, 0.4) is 0 Å². The van der Waals surface area contributed by atoms with E-state index >= 15 is 0 Å². The molecule has 1 aliphatic rings. The Morgan fingerprint density at radius 3 is 2.36 bits per heavy atom. The van der Waals surface area contributed by atoms with E-state index in [1.807, 2.05) is 19.1 Å². The highest BCUT2D eigenvalue weighted by Crippen LogP contribution is 2.38. The van der Waals surface area contributed by atoms with Crippen LogP contribution in [0.1, 0.15) is 62.4 Å². The Morgan fingerprint density at radius 1 is 1.18 bits per heavy atom. The first-order valence-electron chi connectivity index (χ1n) is 8.27. The zero-order chi connectivity index (χ0) is 16.3. The van der Waals surface area contributed by atoms with Gasteiger partial charge >= 0.3 is 5.97 Å². The topological polar surface area (TPSA) is 38.3 Å². The Bertz CT molecular complexity index is 523. The van der Waals surface area contributed by atoms with Crippen molar-refractivity contribution in [2.45, 2.75) is 59.4 Å². The van der Waals surface area contributed by atoms with Gasteiger partial charge in [-0.05, 0) is 61.6 Å². The van der Waals surface area contributed by atoms with Gasteiger partial charge in [-0.25, -0.2) is 4.79 Å². The monoisotopic (exact) mass is 303 g/mol. The van der Waals surface area contributed by atoms with Crippen molar-refractivity contribution in [2.75, 3.05) is 12.4 Å². The van der Waals surface area contributed by atoms with Crippen molar-refractivity contribution >= 4 is 11.7 Å². The van der Waals surface area contributed by atoms with Gasteiger partial charge in [0.15, 0.2) is 0 Å². The maximum Gasteiger partial charge on any atom is 0.338 e. The van der Waals surface area contributed by atoms with E-state index in [9.17, 15) is 4.79 Å². The summed E-state index contributed by atoms with van der Waals surface area (Å²) in [5.41, 5.74) is 3.09. The van der Waals surface area contributed by atoms with Crippen LogP contribution in [-0.4, -0.2) is 19.1 Å². The fourth-order valence-corrected chi connectivity index (χ4v) is 3.45. The Morgan fingerprint density at radius 2 is 1.82 bits per heavy atom. The molecule has 0 heterocycles. The average Bonchev–Trinajstić information content (AvgIpc) is 2.48. The SMILES string of the molecule is COC(=O)c1cccc(NC2CCC(C(C)(C)C)CC2)c1C. The summed E-state index contributed by atoms with van der Waals surface area (Å²) in [6.45, 7) is 9.01. The second kappa shape index (κ2) is 6.72. The van der Waals surface area contributed by atoms with Gasteiger partial charge in [-0.1, -0.05) is 26.8 Å².